The maximum atomic E-state index is 12.9. The minimum absolute atomic E-state index is 0.0304. The summed E-state index contributed by atoms with van der Waals surface area (Å²) in [4.78, 5) is 51.0. The van der Waals surface area contributed by atoms with Crippen molar-refractivity contribution in [1.29, 1.82) is 0 Å². The number of anilines is 1. The quantitative estimate of drug-likeness (QED) is 0.302. The first-order valence-electron chi connectivity index (χ1n) is 11.4. The minimum Gasteiger partial charge on any atom is -0.326 e. The number of allylic oxidation sites excluding steroid dienone is 2. The standard InChI is InChI=1S/C25H28N2O4/c1-14(28)15-6-5-7-16(12-15)26-21(29)8-3-2-4-11-27-24(30)22-17-9-10-18(20-13-19(17)20)23(22)25(27)31/h5-7,9-10,12,17-20,22-23H,2-4,8,11,13H2,1H3,(H,26,29)/t17-,18+,19+,20-,22+,23-. The van der Waals surface area contributed by atoms with Gasteiger partial charge in [0.15, 0.2) is 5.78 Å². The number of amides is 3. The van der Waals surface area contributed by atoms with E-state index in [4.69, 9.17) is 0 Å². The largest absolute Gasteiger partial charge is 0.326 e. The van der Waals surface area contributed by atoms with Crippen molar-refractivity contribution in [2.45, 2.75) is 39.0 Å². The van der Waals surface area contributed by atoms with Crippen molar-refractivity contribution in [2.75, 3.05) is 11.9 Å². The highest BCUT2D eigenvalue weighted by Gasteiger charge is 2.66. The van der Waals surface area contributed by atoms with Gasteiger partial charge >= 0.3 is 0 Å². The lowest BCUT2D eigenvalue weighted by atomic mass is 9.63. The topological polar surface area (TPSA) is 83.6 Å². The molecular formula is C25H28N2O4. The van der Waals surface area contributed by atoms with Gasteiger partial charge in [-0.1, -0.05) is 30.7 Å². The summed E-state index contributed by atoms with van der Waals surface area (Å²) in [6.07, 6.45) is 8.13. The van der Waals surface area contributed by atoms with Crippen molar-refractivity contribution in [3.8, 4) is 0 Å². The lowest BCUT2D eigenvalue weighted by Crippen LogP contribution is -2.40. The van der Waals surface area contributed by atoms with Gasteiger partial charge in [0.2, 0.25) is 17.7 Å². The van der Waals surface area contributed by atoms with Gasteiger partial charge in [-0.25, -0.2) is 0 Å². The minimum atomic E-state index is -0.122. The van der Waals surface area contributed by atoms with E-state index in [0.717, 1.165) is 12.8 Å². The molecule has 2 saturated carbocycles. The number of likely N-dealkylation sites (tertiary alicyclic amines) is 1. The van der Waals surface area contributed by atoms with E-state index in [9.17, 15) is 19.2 Å². The smallest absolute Gasteiger partial charge is 0.233 e. The highest BCUT2D eigenvalue weighted by atomic mass is 16.2. The molecule has 6 heteroatoms. The summed E-state index contributed by atoms with van der Waals surface area (Å²) < 4.78 is 0. The van der Waals surface area contributed by atoms with E-state index < -0.39 is 0 Å². The summed E-state index contributed by atoms with van der Waals surface area (Å²) in [6, 6.07) is 6.91. The molecule has 1 aromatic carbocycles. The normalized spacial score (nSPS) is 32.1. The molecule has 5 aliphatic rings. The van der Waals surface area contributed by atoms with Gasteiger partial charge in [-0.3, -0.25) is 24.1 Å². The molecule has 4 aliphatic carbocycles. The molecule has 0 radical (unpaired) electrons. The summed E-state index contributed by atoms with van der Waals surface area (Å²) >= 11 is 0. The number of nitrogens with zero attached hydrogens (tertiary/aromatic N) is 1. The zero-order valence-corrected chi connectivity index (χ0v) is 17.8. The van der Waals surface area contributed by atoms with Gasteiger partial charge in [0.05, 0.1) is 11.8 Å². The Bertz CT molecular complexity index is 947. The molecule has 6 rings (SSSR count). The van der Waals surface area contributed by atoms with Crippen LogP contribution in [0.4, 0.5) is 5.69 Å². The number of imide groups is 1. The lowest BCUT2D eigenvalue weighted by molar-refractivity contribution is -0.140. The van der Waals surface area contributed by atoms with E-state index >= 15 is 0 Å². The lowest BCUT2D eigenvalue weighted by Gasteiger charge is -2.37. The van der Waals surface area contributed by atoms with Crippen LogP contribution in [-0.2, 0) is 14.4 Å². The number of Topliss-reactive ketones (excluding diaryl/α,β-unsaturated/α-hetero) is 1. The van der Waals surface area contributed by atoms with Crippen LogP contribution in [0.1, 0.15) is 49.4 Å². The molecular weight excluding hydrogens is 392 g/mol. The molecule has 3 fully saturated rings. The molecule has 6 atom stereocenters. The molecule has 0 spiro atoms. The first kappa shape index (κ1) is 20.2. The maximum Gasteiger partial charge on any atom is 0.233 e. The zero-order chi connectivity index (χ0) is 21.7. The summed E-state index contributed by atoms with van der Waals surface area (Å²) in [5, 5.41) is 2.83. The van der Waals surface area contributed by atoms with Crippen LogP contribution in [-0.4, -0.2) is 34.9 Å². The van der Waals surface area contributed by atoms with E-state index in [1.165, 1.54) is 18.2 Å². The molecule has 0 aromatic heterocycles. The number of rotatable bonds is 8. The average Bonchev–Trinajstić information content (AvgIpc) is 3.53. The zero-order valence-electron chi connectivity index (χ0n) is 17.8. The predicted molar refractivity (Wildman–Crippen MR) is 115 cm³/mol. The van der Waals surface area contributed by atoms with Crippen LogP contribution in [0, 0.1) is 35.5 Å². The number of ketones is 1. The summed E-state index contributed by atoms with van der Waals surface area (Å²) in [7, 11) is 0. The summed E-state index contributed by atoms with van der Waals surface area (Å²) in [5.74, 6) is 1.48. The number of hydrogen-bond donors (Lipinski definition) is 1. The van der Waals surface area contributed by atoms with Gasteiger partial charge in [-0.15, -0.1) is 0 Å². The Kier molecular flexibility index (Phi) is 5.03. The third-order valence-corrected chi connectivity index (χ3v) is 7.59. The number of carbonyl (C=O) groups excluding carboxylic acids is 4. The van der Waals surface area contributed by atoms with Gasteiger partial charge in [-0.05, 0) is 62.0 Å². The van der Waals surface area contributed by atoms with Crippen molar-refractivity contribution >= 4 is 29.2 Å². The first-order chi connectivity index (χ1) is 15.0. The van der Waals surface area contributed by atoms with Crippen LogP contribution in [0.5, 0.6) is 0 Å². The van der Waals surface area contributed by atoms with Crippen molar-refractivity contribution in [1.82, 2.24) is 4.90 Å². The molecule has 162 valence electrons. The third kappa shape index (κ3) is 3.52. The number of hydrogen-bond acceptors (Lipinski definition) is 4. The Morgan fingerprint density at radius 1 is 1.00 bits per heavy atom. The fraction of sp³-hybridized carbons (Fsp3) is 0.520. The number of carbonyl (C=O) groups is 4. The van der Waals surface area contributed by atoms with E-state index in [2.05, 4.69) is 17.5 Å². The molecule has 1 aliphatic heterocycles. The Morgan fingerprint density at radius 2 is 1.68 bits per heavy atom. The fourth-order valence-corrected chi connectivity index (χ4v) is 6.01. The van der Waals surface area contributed by atoms with Gasteiger partial charge in [-0.2, -0.15) is 0 Å². The molecule has 1 heterocycles. The van der Waals surface area contributed by atoms with Crippen LogP contribution >= 0.6 is 0 Å². The van der Waals surface area contributed by atoms with E-state index in [1.54, 1.807) is 24.3 Å². The van der Waals surface area contributed by atoms with Crippen molar-refractivity contribution in [3.63, 3.8) is 0 Å². The highest BCUT2D eigenvalue weighted by Crippen LogP contribution is 2.65. The molecule has 3 amide bonds. The number of benzene rings is 1. The second-order valence-corrected chi connectivity index (χ2v) is 9.48. The monoisotopic (exact) mass is 420 g/mol. The molecule has 31 heavy (non-hydrogen) atoms. The van der Waals surface area contributed by atoms with Gasteiger partial charge in [0.25, 0.3) is 0 Å². The number of unbranched alkanes of at least 4 members (excludes halogenated alkanes) is 2. The molecule has 1 saturated heterocycles. The molecule has 1 N–H and O–H groups in total. The van der Waals surface area contributed by atoms with Crippen molar-refractivity contribution < 1.29 is 19.2 Å². The average molecular weight is 421 g/mol. The summed E-state index contributed by atoms with van der Waals surface area (Å²) in [6.45, 7) is 1.96. The van der Waals surface area contributed by atoms with E-state index in [0.29, 0.717) is 42.5 Å². The first-order valence-corrected chi connectivity index (χ1v) is 11.4. The van der Waals surface area contributed by atoms with Gasteiger partial charge in [0.1, 0.15) is 0 Å². The predicted octanol–water partition coefficient (Wildman–Crippen LogP) is 3.44. The molecule has 6 nitrogen and oxygen atoms in total. The van der Waals surface area contributed by atoms with Crippen LogP contribution in [0.2, 0.25) is 0 Å². The Morgan fingerprint density at radius 3 is 2.32 bits per heavy atom. The van der Waals surface area contributed by atoms with Gasteiger partial charge in [0, 0.05) is 24.2 Å². The SMILES string of the molecule is CC(=O)c1cccc(NC(=O)CCCCCN2C(=O)[C@@H]3[C@H]4C=C[C@H]([C@@H]5C[C@H]45)[C@@H]3C2=O)c1. The Labute approximate surface area is 182 Å². The maximum absolute atomic E-state index is 12.9. The number of nitrogens with one attached hydrogen (secondary N) is 1. The van der Waals surface area contributed by atoms with Crippen LogP contribution in [0.15, 0.2) is 36.4 Å². The van der Waals surface area contributed by atoms with Crippen molar-refractivity contribution in [2.24, 2.45) is 35.5 Å². The Balaban J connectivity index is 1.07. The molecule has 2 bridgehead atoms. The fourth-order valence-electron chi connectivity index (χ4n) is 6.01. The van der Waals surface area contributed by atoms with E-state index in [1.807, 2.05) is 0 Å². The third-order valence-electron chi connectivity index (χ3n) is 7.59. The van der Waals surface area contributed by atoms with Crippen LogP contribution in [0.25, 0.3) is 0 Å². The van der Waals surface area contributed by atoms with Gasteiger partial charge < -0.3 is 5.32 Å². The molecule has 1 aromatic rings. The highest BCUT2D eigenvalue weighted by molar-refractivity contribution is 6.06. The second-order valence-electron chi connectivity index (χ2n) is 9.48. The van der Waals surface area contributed by atoms with Crippen molar-refractivity contribution in [3.05, 3.63) is 42.0 Å². The molecule has 0 unspecified atom stereocenters. The van der Waals surface area contributed by atoms with E-state index in [-0.39, 0.29) is 47.2 Å². The van der Waals surface area contributed by atoms with Crippen LogP contribution < -0.4 is 5.32 Å². The Hall–Kier alpha value is -2.76. The van der Waals surface area contributed by atoms with Crippen LogP contribution in [0.3, 0.4) is 0 Å². The summed E-state index contributed by atoms with van der Waals surface area (Å²) in [5.41, 5.74) is 1.19. The second kappa shape index (κ2) is 7.74.